The highest BCUT2D eigenvalue weighted by molar-refractivity contribution is 5.81. The molecule has 1 aromatic carbocycles. The SMILES string of the molecule is CC(C)(C)OC(=O)N1CC[C@@H](C(=O)N2CCC(CN3C(=O)OCC3(C)C)(C3CCCCC3)CC2)[C@H](c2ccc(F)cc2)C1. The Balaban J connectivity index is 1.33. The molecule has 3 saturated heterocycles. The highest BCUT2D eigenvalue weighted by Gasteiger charge is 2.50. The molecule has 3 aliphatic heterocycles. The predicted molar refractivity (Wildman–Crippen MR) is 162 cm³/mol. The largest absolute Gasteiger partial charge is 0.447 e. The Labute approximate surface area is 256 Å². The lowest BCUT2D eigenvalue weighted by Gasteiger charge is -2.51. The second-order valence-corrected chi connectivity index (χ2v) is 15.0. The van der Waals surface area contributed by atoms with Gasteiger partial charge in [0.25, 0.3) is 0 Å². The van der Waals surface area contributed by atoms with Crippen molar-refractivity contribution in [3.05, 3.63) is 35.6 Å². The van der Waals surface area contributed by atoms with Crippen molar-refractivity contribution >= 4 is 18.1 Å². The highest BCUT2D eigenvalue weighted by atomic mass is 19.1. The van der Waals surface area contributed by atoms with Crippen LogP contribution in [0.4, 0.5) is 14.0 Å². The Morgan fingerprint density at radius 2 is 1.63 bits per heavy atom. The fourth-order valence-corrected chi connectivity index (χ4v) is 7.84. The molecule has 3 amide bonds. The van der Waals surface area contributed by atoms with E-state index in [0.29, 0.717) is 51.7 Å². The summed E-state index contributed by atoms with van der Waals surface area (Å²) in [6.07, 6.45) is 7.69. The Morgan fingerprint density at radius 3 is 2.21 bits per heavy atom. The Morgan fingerprint density at radius 1 is 0.977 bits per heavy atom. The van der Waals surface area contributed by atoms with E-state index in [0.717, 1.165) is 18.4 Å². The number of halogens is 1. The number of likely N-dealkylation sites (tertiary alicyclic amines) is 2. The average molecular weight is 600 g/mol. The van der Waals surface area contributed by atoms with E-state index in [9.17, 15) is 18.8 Å². The third-order valence-electron chi connectivity index (χ3n) is 10.4. The zero-order valence-electron chi connectivity index (χ0n) is 26.7. The van der Waals surface area contributed by atoms with Crippen LogP contribution in [0.5, 0.6) is 0 Å². The fourth-order valence-electron chi connectivity index (χ4n) is 7.84. The summed E-state index contributed by atoms with van der Waals surface area (Å²) in [5.41, 5.74) is -0.129. The van der Waals surface area contributed by atoms with Crippen molar-refractivity contribution in [1.29, 1.82) is 0 Å². The van der Waals surface area contributed by atoms with E-state index in [1.807, 2.05) is 30.6 Å². The Bertz CT molecular complexity index is 1170. The van der Waals surface area contributed by atoms with Crippen molar-refractivity contribution < 1.29 is 28.2 Å². The smallest absolute Gasteiger partial charge is 0.410 e. The first kappa shape index (κ1) is 31.6. The monoisotopic (exact) mass is 599 g/mol. The van der Waals surface area contributed by atoms with Crippen LogP contribution in [0.15, 0.2) is 24.3 Å². The van der Waals surface area contributed by atoms with E-state index in [4.69, 9.17) is 9.47 Å². The lowest BCUT2D eigenvalue weighted by molar-refractivity contribution is -0.141. The van der Waals surface area contributed by atoms with E-state index < -0.39 is 5.60 Å². The second kappa shape index (κ2) is 12.3. The summed E-state index contributed by atoms with van der Waals surface area (Å²) in [7, 11) is 0. The summed E-state index contributed by atoms with van der Waals surface area (Å²) in [5.74, 6) is -0.243. The third-order valence-corrected chi connectivity index (χ3v) is 10.4. The minimum atomic E-state index is -0.616. The van der Waals surface area contributed by atoms with Gasteiger partial charge < -0.3 is 19.3 Å². The van der Waals surface area contributed by atoms with Crippen LogP contribution in [-0.4, -0.2) is 83.3 Å². The van der Waals surface area contributed by atoms with Gasteiger partial charge in [-0.3, -0.25) is 9.69 Å². The molecule has 1 aliphatic carbocycles. The van der Waals surface area contributed by atoms with E-state index in [1.54, 1.807) is 17.0 Å². The quantitative estimate of drug-likeness (QED) is 0.382. The summed E-state index contributed by atoms with van der Waals surface area (Å²) in [5, 5.41) is 0. The molecule has 43 heavy (non-hydrogen) atoms. The van der Waals surface area contributed by atoms with Gasteiger partial charge in [0.05, 0.1) is 5.54 Å². The van der Waals surface area contributed by atoms with Crippen LogP contribution < -0.4 is 0 Å². The summed E-state index contributed by atoms with van der Waals surface area (Å²) < 4.78 is 25.0. The first-order chi connectivity index (χ1) is 20.3. The predicted octanol–water partition coefficient (Wildman–Crippen LogP) is 6.59. The molecule has 0 N–H and O–H groups in total. The molecule has 1 saturated carbocycles. The Kier molecular flexibility index (Phi) is 9.01. The number of nitrogens with zero attached hydrogens (tertiary/aromatic N) is 3. The molecule has 5 rings (SSSR count). The van der Waals surface area contributed by atoms with Gasteiger partial charge in [-0.25, -0.2) is 14.0 Å². The molecule has 0 unspecified atom stereocenters. The van der Waals surface area contributed by atoms with Crippen molar-refractivity contribution in [2.45, 2.75) is 103 Å². The maximum Gasteiger partial charge on any atom is 0.410 e. The van der Waals surface area contributed by atoms with Gasteiger partial charge in [0.1, 0.15) is 18.0 Å². The number of piperidine rings is 2. The van der Waals surface area contributed by atoms with E-state index in [2.05, 4.69) is 13.8 Å². The fraction of sp³-hybridized carbons (Fsp3) is 0.735. The molecule has 0 radical (unpaired) electrons. The summed E-state index contributed by atoms with van der Waals surface area (Å²) >= 11 is 0. The minimum absolute atomic E-state index is 0.0335. The van der Waals surface area contributed by atoms with Crippen molar-refractivity contribution in [2.75, 3.05) is 39.3 Å². The molecular formula is C34H50FN3O5. The summed E-state index contributed by atoms with van der Waals surface area (Å²) in [4.78, 5) is 45.6. The first-order valence-electron chi connectivity index (χ1n) is 16.2. The number of carbonyl (C=O) groups excluding carboxylic acids is 3. The third kappa shape index (κ3) is 6.96. The number of hydrogen-bond acceptors (Lipinski definition) is 5. The maximum absolute atomic E-state index is 14.2. The van der Waals surface area contributed by atoms with Crippen LogP contribution >= 0.6 is 0 Å². The molecule has 4 aliphatic rings. The normalized spacial score (nSPS) is 26.3. The molecule has 2 atom stereocenters. The van der Waals surface area contributed by atoms with Crippen LogP contribution in [0, 0.1) is 23.1 Å². The van der Waals surface area contributed by atoms with Gasteiger partial charge in [0, 0.05) is 44.6 Å². The minimum Gasteiger partial charge on any atom is -0.447 e. The number of hydrogen-bond donors (Lipinski definition) is 0. The van der Waals surface area contributed by atoms with Gasteiger partial charge in [-0.05, 0) is 95.8 Å². The zero-order valence-corrected chi connectivity index (χ0v) is 26.7. The topological polar surface area (TPSA) is 79.4 Å². The number of ether oxygens (including phenoxy) is 2. The highest BCUT2D eigenvalue weighted by Crippen LogP contribution is 2.48. The average Bonchev–Trinajstić information content (AvgIpc) is 3.23. The number of amides is 3. The molecule has 238 valence electrons. The van der Waals surface area contributed by atoms with Gasteiger partial charge in [0.15, 0.2) is 0 Å². The first-order valence-corrected chi connectivity index (χ1v) is 16.2. The van der Waals surface area contributed by atoms with Gasteiger partial charge in [-0.2, -0.15) is 0 Å². The molecule has 9 heteroatoms. The maximum atomic E-state index is 14.2. The summed E-state index contributed by atoms with van der Waals surface area (Å²) in [6, 6.07) is 6.32. The lowest BCUT2D eigenvalue weighted by atomic mass is 9.63. The zero-order chi connectivity index (χ0) is 31.0. The van der Waals surface area contributed by atoms with Gasteiger partial charge >= 0.3 is 12.2 Å². The molecule has 0 aromatic heterocycles. The van der Waals surface area contributed by atoms with Gasteiger partial charge in [-0.1, -0.05) is 31.4 Å². The Hall–Kier alpha value is -2.84. The van der Waals surface area contributed by atoms with E-state index in [-0.39, 0.29) is 46.7 Å². The van der Waals surface area contributed by atoms with Crippen LogP contribution in [0.1, 0.15) is 97.5 Å². The van der Waals surface area contributed by atoms with Crippen molar-refractivity contribution in [1.82, 2.24) is 14.7 Å². The van der Waals surface area contributed by atoms with Crippen LogP contribution in [-0.2, 0) is 14.3 Å². The van der Waals surface area contributed by atoms with Crippen molar-refractivity contribution in [2.24, 2.45) is 17.3 Å². The number of benzene rings is 1. The molecule has 0 bridgehead atoms. The van der Waals surface area contributed by atoms with Crippen LogP contribution in [0.25, 0.3) is 0 Å². The van der Waals surface area contributed by atoms with Crippen LogP contribution in [0.3, 0.4) is 0 Å². The van der Waals surface area contributed by atoms with Crippen LogP contribution in [0.2, 0.25) is 0 Å². The lowest BCUT2D eigenvalue weighted by Crippen LogP contribution is -2.56. The van der Waals surface area contributed by atoms with Crippen molar-refractivity contribution in [3.63, 3.8) is 0 Å². The second-order valence-electron chi connectivity index (χ2n) is 15.0. The molecule has 4 fully saturated rings. The van der Waals surface area contributed by atoms with Gasteiger partial charge in [0.2, 0.25) is 5.91 Å². The number of carbonyl (C=O) groups is 3. The molecule has 8 nitrogen and oxygen atoms in total. The molecular weight excluding hydrogens is 549 g/mol. The molecule has 0 spiro atoms. The molecule has 1 aromatic rings. The number of rotatable bonds is 5. The van der Waals surface area contributed by atoms with Crippen molar-refractivity contribution in [3.8, 4) is 0 Å². The molecule has 3 heterocycles. The standard InChI is InChI=1S/C34H50FN3O5/c1-32(2,3)43-30(40)37-18-15-27(28(21-37)24-11-13-26(35)14-12-24)29(39)36-19-16-34(17-20-36,25-9-7-6-8-10-25)22-38-31(41)42-23-33(38,4)5/h11-14,25,27-28H,6-10,15-23H2,1-5H3/t27-,28+/m1/s1. The number of cyclic esters (lactones) is 1. The summed E-state index contributed by atoms with van der Waals surface area (Å²) in [6.45, 7) is 12.9. The van der Waals surface area contributed by atoms with E-state index >= 15 is 0 Å². The van der Waals surface area contributed by atoms with E-state index in [1.165, 1.54) is 44.2 Å². The van der Waals surface area contributed by atoms with Gasteiger partial charge in [-0.15, -0.1) is 0 Å².